The second-order valence-electron chi connectivity index (χ2n) is 4.52. The Morgan fingerprint density at radius 3 is 3.18 bits per heavy atom. The number of aromatic nitrogens is 2. The predicted molar refractivity (Wildman–Crippen MR) is 82.1 cm³/mol. The second kappa shape index (κ2) is 6.02. The van der Waals surface area contributed by atoms with Gasteiger partial charge < -0.3 is 14.5 Å². The summed E-state index contributed by atoms with van der Waals surface area (Å²) in [6.45, 7) is 0.464. The van der Waals surface area contributed by atoms with Gasteiger partial charge in [0.1, 0.15) is 0 Å². The summed E-state index contributed by atoms with van der Waals surface area (Å²) in [4.78, 5) is 29.2. The van der Waals surface area contributed by atoms with Gasteiger partial charge in [-0.05, 0) is 12.1 Å². The maximum atomic E-state index is 11.2. The molecular weight excluding hydrogens is 306 g/mol. The fourth-order valence-electron chi connectivity index (χ4n) is 2.01. The number of benzene rings is 1. The van der Waals surface area contributed by atoms with Crippen LogP contribution in [0.3, 0.4) is 0 Å². The van der Waals surface area contributed by atoms with Crippen molar-refractivity contribution in [1.82, 2.24) is 15.3 Å². The Morgan fingerprint density at radius 1 is 1.50 bits per heavy atom. The maximum Gasteiger partial charge on any atom is 0.417 e. The fraction of sp³-hybridized carbons (Fsp3) is 0.214. The van der Waals surface area contributed by atoms with Gasteiger partial charge in [-0.3, -0.25) is 4.98 Å². The smallest absolute Gasteiger partial charge is 0.417 e. The molecule has 0 spiro atoms. The summed E-state index contributed by atoms with van der Waals surface area (Å²) >= 11 is 1.51. The highest BCUT2D eigenvalue weighted by atomic mass is 32.1. The minimum atomic E-state index is -0.472. The maximum absolute atomic E-state index is 11.2. The van der Waals surface area contributed by atoms with E-state index in [1.807, 2.05) is 11.4 Å². The molecule has 2 heterocycles. The number of aromatic amines is 1. The predicted octanol–water partition coefficient (Wildman–Crippen LogP) is 2.14. The molecular formula is C14H13N3O4S. The van der Waals surface area contributed by atoms with Gasteiger partial charge in [0, 0.05) is 23.9 Å². The van der Waals surface area contributed by atoms with Crippen LogP contribution in [0, 0.1) is 0 Å². The first-order valence-electron chi connectivity index (χ1n) is 6.55. The summed E-state index contributed by atoms with van der Waals surface area (Å²) in [6.07, 6.45) is 0.172. The number of carbonyl (C=O) groups excluding carboxylic acids is 1. The molecule has 8 heteroatoms. The molecule has 0 fully saturated rings. The van der Waals surface area contributed by atoms with E-state index in [0.29, 0.717) is 24.1 Å². The molecule has 1 aromatic carbocycles. The van der Waals surface area contributed by atoms with E-state index in [1.165, 1.54) is 18.4 Å². The van der Waals surface area contributed by atoms with Gasteiger partial charge in [0.05, 0.1) is 23.3 Å². The number of nitrogens with one attached hydrogen (secondary N) is 2. The number of thiazole rings is 1. The molecule has 3 rings (SSSR count). The van der Waals surface area contributed by atoms with Crippen LogP contribution in [0.15, 0.2) is 32.8 Å². The van der Waals surface area contributed by atoms with E-state index in [0.717, 1.165) is 16.3 Å². The van der Waals surface area contributed by atoms with E-state index in [9.17, 15) is 9.59 Å². The van der Waals surface area contributed by atoms with Crippen LogP contribution in [0.5, 0.6) is 0 Å². The van der Waals surface area contributed by atoms with Crippen molar-refractivity contribution in [1.29, 1.82) is 0 Å². The van der Waals surface area contributed by atoms with Crippen LogP contribution in [-0.2, 0) is 11.2 Å². The number of hydrogen-bond donors (Lipinski definition) is 2. The Morgan fingerprint density at radius 2 is 2.36 bits per heavy atom. The van der Waals surface area contributed by atoms with Crippen molar-refractivity contribution in [3.05, 3.63) is 39.1 Å². The zero-order valence-electron chi connectivity index (χ0n) is 11.7. The molecule has 2 aromatic heterocycles. The van der Waals surface area contributed by atoms with Crippen molar-refractivity contribution < 1.29 is 13.9 Å². The number of nitrogens with zero attached hydrogens (tertiary/aromatic N) is 1. The lowest BCUT2D eigenvalue weighted by molar-refractivity contribution is 0.171. The van der Waals surface area contributed by atoms with E-state index < -0.39 is 11.8 Å². The van der Waals surface area contributed by atoms with Gasteiger partial charge in [0.2, 0.25) is 0 Å². The van der Waals surface area contributed by atoms with Gasteiger partial charge in [-0.15, -0.1) is 11.3 Å². The number of rotatable bonds is 4. The first-order chi connectivity index (χ1) is 10.7. The molecule has 0 aliphatic rings. The molecule has 2 N–H and O–H groups in total. The molecule has 0 aliphatic carbocycles. The Labute approximate surface area is 128 Å². The van der Waals surface area contributed by atoms with Gasteiger partial charge in [0.15, 0.2) is 5.58 Å². The highest BCUT2D eigenvalue weighted by molar-refractivity contribution is 7.09. The lowest BCUT2D eigenvalue weighted by Gasteiger charge is -2.00. The summed E-state index contributed by atoms with van der Waals surface area (Å²) in [6, 6.07) is 5.44. The van der Waals surface area contributed by atoms with Crippen molar-refractivity contribution in [2.75, 3.05) is 13.7 Å². The minimum absolute atomic E-state index is 0.454. The van der Waals surface area contributed by atoms with Crippen LogP contribution >= 0.6 is 11.3 Å². The largest absolute Gasteiger partial charge is 0.453 e. The molecule has 0 aliphatic heterocycles. The summed E-state index contributed by atoms with van der Waals surface area (Å²) in [5.41, 5.74) is 2.85. The van der Waals surface area contributed by atoms with Crippen molar-refractivity contribution in [3.8, 4) is 11.3 Å². The topological polar surface area (TPSA) is 97.2 Å². The number of amides is 1. The monoisotopic (exact) mass is 319 g/mol. The average molecular weight is 319 g/mol. The second-order valence-corrected chi connectivity index (χ2v) is 5.46. The molecule has 3 aromatic rings. The fourth-order valence-corrected chi connectivity index (χ4v) is 2.81. The molecule has 114 valence electrons. The zero-order chi connectivity index (χ0) is 15.5. The molecule has 0 atom stereocenters. The first kappa shape index (κ1) is 14.3. The lowest BCUT2D eigenvalue weighted by Crippen LogP contribution is -2.25. The molecule has 22 heavy (non-hydrogen) atoms. The Kier molecular flexibility index (Phi) is 3.92. The average Bonchev–Trinajstić information content (AvgIpc) is 3.11. The molecule has 0 saturated heterocycles. The van der Waals surface area contributed by atoms with Crippen molar-refractivity contribution in [2.24, 2.45) is 0 Å². The number of methoxy groups -OCH3 is 1. The molecule has 7 nitrogen and oxygen atoms in total. The quantitative estimate of drug-likeness (QED) is 0.768. The highest BCUT2D eigenvalue weighted by Gasteiger charge is 2.08. The van der Waals surface area contributed by atoms with E-state index in [4.69, 9.17) is 4.42 Å². The van der Waals surface area contributed by atoms with Gasteiger partial charge >= 0.3 is 11.8 Å². The summed E-state index contributed by atoms with van der Waals surface area (Å²) in [5, 5.41) is 5.44. The standard InChI is InChI=1S/C14H13N3O4S/c1-20-13(18)15-5-4-12-16-10(7-22-12)8-2-3-9-11(6-8)21-14(19)17-9/h2-3,6-7H,4-5H2,1H3,(H,15,18)(H,17,19). The van der Waals surface area contributed by atoms with E-state index >= 15 is 0 Å². The van der Waals surface area contributed by atoms with E-state index in [-0.39, 0.29) is 0 Å². The Bertz CT molecular complexity index is 864. The van der Waals surface area contributed by atoms with Crippen LogP contribution in [0.4, 0.5) is 4.79 Å². The SMILES string of the molecule is COC(=O)NCCc1nc(-c2ccc3[nH]c(=O)oc3c2)cs1. The molecule has 1 amide bonds. The van der Waals surface area contributed by atoms with Crippen LogP contribution in [0.2, 0.25) is 0 Å². The number of hydrogen-bond acceptors (Lipinski definition) is 6. The number of carbonyl (C=O) groups is 1. The number of ether oxygens (including phenoxy) is 1. The summed E-state index contributed by atoms with van der Waals surface area (Å²) in [7, 11) is 1.33. The van der Waals surface area contributed by atoms with Gasteiger partial charge in [-0.1, -0.05) is 6.07 Å². The van der Waals surface area contributed by atoms with Crippen molar-refractivity contribution in [3.63, 3.8) is 0 Å². The molecule has 0 unspecified atom stereocenters. The van der Waals surface area contributed by atoms with Gasteiger partial charge in [0.25, 0.3) is 0 Å². The molecule has 0 radical (unpaired) electrons. The van der Waals surface area contributed by atoms with Gasteiger partial charge in [-0.25, -0.2) is 14.6 Å². The van der Waals surface area contributed by atoms with Crippen LogP contribution < -0.4 is 11.1 Å². The number of fused-ring (bicyclic) bond motifs is 1. The third-order valence-corrected chi connectivity index (χ3v) is 3.97. The number of alkyl carbamates (subject to hydrolysis) is 1. The lowest BCUT2D eigenvalue weighted by atomic mass is 10.1. The van der Waals surface area contributed by atoms with Crippen LogP contribution in [0.1, 0.15) is 5.01 Å². The zero-order valence-corrected chi connectivity index (χ0v) is 12.5. The minimum Gasteiger partial charge on any atom is -0.453 e. The normalized spacial score (nSPS) is 10.8. The first-order valence-corrected chi connectivity index (χ1v) is 7.43. The summed E-state index contributed by atoms with van der Waals surface area (Å²) in [5.74, 6) is -0.472. The Hall–Kier alpha value is -2.61. The third-order valence-electron chi connectivity index (χ3n) is 3.06. The summed E-state index contributed by atoms with van der Waals surface area (Å²) < 4.78 is 9.54. The van der Waals surface area contributed by atoms with Crippen LogP contribution in [-0.4, -0.2) is 29.7 Å². The van der Waals surface area contributed by atoms with Gasteiger partial charge in [-0.2, -0.15) is 0 Å². The number of oxazole rings is 1. The highest BCUT2D eigenvalue weighted by Crippen LogP contribution is 2.24. The molecule has 0 bridgehead atoms. The van der Waals surface area contributed by atoms with Crippen LogP contribution in [0.25, 0.3) is 22.4 Å². The van der Waals surface area contributed by atoms with Crippen molar-refractivity contribution in [2.45, 2.75) is 6.42 Å². The molecule has 0 saturated carbocycles. The number of H-pyrrole nitrogens is 1. The third kappa shape index (κ3) is 3.01. The van der Waals surface area contributed by atoms with E-state index in [1.54, 1.807) is 12.1 Å². The van der Waals surface area contributed by atoms with Crippen molar-refractivity contribution >= 4 is 28.5 Å². The van der Waals surface area contributed by atoms with E-state index in [2.05, 4.69) is 20.0 Å². The Balaban J connectivity index is 1.74.